The molecule has 28 heavy (non-hydrogen) atoms. The molecule has 0 aromatic heterocycles. The molecule has 0 aliphatic rings. The van der Waals surface area contributed by atoms with Crippen LogP contribution in [0.15, 0.2) is 52.3 Å². The van der Waals surface area contributed by atoms with Gasteiger partial charge in [-0.15, -0.1) is 0 Å². The number of hydrogen-bond donors (Lipinski definition) is 1. The highest BCUT2D eigenvalue weighted by atomic mass is 127. The maximum absolute atomic E-state index is 12.3. The second-order valence-electron chi connectivity index (χ2n) is 5.80. The fourth-order valence-electron chi connectivity index (χ4n) is 2.16. The molecule has 11 heteroatoms. The van der Waals surface area contributed by atoms with Crippen molar-refractivity contribution in [3.63, 3.8) is 0 Å². The van der Waals surface area contributed by atoms with Gasteiger partial charge in [-0.25, -0.2) is 25.9 Å². The fourth-order valence-corrected chi connectivity index (χ4v) is 5.05. The maximum atomic E-state index is 12.3. The molecule has 0 spiro atoms. The van der Waals surface area contributed by atoms with Crippen LogP contribution in [-0.4, -0.2) is 55.5 Å². The molecule has 154 valence electrons. The van der Waals surface area contributed by atoms with Gasteiger partial charge in [-0.2, -0.15) is 0 Å². The van der Waals surface area contributed by atoms with E-state index in [1.54, 1.807) is 6.07 Å². The molecule has 0 heterocycles. The molecule has 0 saturated heterocycles. The van der Waals surface area contributed by atoms with Crippen LogP contribution < -0.4 is 14.2 Å². The van der Waals surface area contributed by atoms with Gasteiger partial charge in [0.15, 0.2) is 0 Å². The molecule has 0 aliphatic heterocycles. The van der Waals surface area contributed by atoms with Crippen molar-refractivity contribution in [1.82, 2.24) is 9.03 Å². The van der Waals surface area contributed by atoms with Gasteiger partial charge in [0, 0.05) is 20.6 Å². The quantitative estimate of drug-likeness (QED) is 0.385. The Hall–Kier alpha value is -1.41. The molecule has 0 radical (unpaired) electrons. The third kappa shape index (κ3) is 5.56. The van der Waals surface area contributed by atoms with Crippen LogP contribution >= 0.6 is 22.6 Å². The second kappa shape index (κ2) is 9.39. The van der Waals surface area contributed by atoms with Crippen LogP contribution in [0, 0.1) is 3.57 Å². The van der Waals surface area contributed by atoms with Crippen LogP contribution in [0.3, 0.4) is 0 Å². The number of methoxy groups -OCH3 is 1. The molecule has 0 saturated carbocycles. The van der Waals surface area contributed by atoms with Gasteiger partial charge >= 0.3 is 0 Å². The van der Waals surface area contributed by atoms with Crippen LogP contribution in [0.1, 0.15) is 0 Å². The van der Waals surface area contributed by atoms with Crippen LogP contribution in [0.2, 0.25) is 0 Å². The van der Waals surface area contributed by atoms with Gasteiger partial charge < -0.3 is 9.47 Å². The van der Waals surface area contributed by atoms with Gasteiger partial charge in [0.05, 0.1) is 20.5 Å². The molecule has 0 bridgehead atoms. The molecular weight excluding hydrogens is 519 g/mol. The standard InChI is InChI=1S/C17H21IN2O6S2/c1-20(2)28(23,24)14-6-4-13(5-7-14)26-11-10-19-27(21,22)15-8-9-17(25-3)16(18)12-15/h4-9,12,19H,10-11H2,1-3H3. The monoisotopic (exact) mass is 540 g/mol. The molecule has 2 aromatic carbocycles. The summed E-state index contributed by atoms with van der Waals surface area (Å²) in [6.07, 6.45) is 0. The molecule has 8 nitrogen and oxygen atoms in total. The van der Waals surface area contributed by atoms with Crippen LogP contribution in [0.4, 0.5) is 0 Å². The summed E-state index contributed by atoms with van der Waals surface area (Å²) >= 11 is 2.00. The molecule has 0 atom stereocenters. The zero-order valence-electron chi connectivity index (χ0n) is 15.5. The first-order valence-corrected chi connectivity index (χ1v) is 12.1. The fraction of sp³-hybridized carbons (Fsp3) is 0.294. The van der Waals surface area contributed by atoms with E-state index in [2.05, 4.69) is 4.72 Å². The molecule has 0 unspecified atom stereocenters. The Bertz CT molecular complexity index is 1020. The minimum Gasteiger partial charge on any atom is -0.496 e. The van der Waals surface area contributed by atoms with Gasteiger partial charge in [0.2, 0.25) is 20.0 Å². The third-order valence-electron chi connectivity index (χ3n) is 3.70. The lowest BCUT2D eigenvalue weighted by Gasteiger charge is -2.12. The number of ether oxygens (including phenoxy) is 2. The van der Waals surface area contributed by atoms with Crippen molar-refractivity contribution >= 4 is 42.6 Å². The molecular formula is C17H21IN2O6S2. The van der Waals surface area contributed by atoms with E-state index in [4.69, 9.17) is 9.47 Å². The highest BCUT2D eigenvalue weighted by molar-refractivity contribution is 14.1. The first-order chi connectivity index (χ1) is 13.1. The number of halogens is 1. The summed E-state index contributed by atoms with van der Waals surface area (Å²) in [5.41, 5.74) is 0. The van der Waals surface area contributed by atoms with Crippen molar-refractivity contribution < 1.29 is 26.3 Å². The Balaban J connectivity index is 1.92. The largest absolute Gasteiger partial charge is 0.496 e. The normalized spacial score (nSPS) is 12.2. The van der Waals surface area contributed by atoms with E-state index in [9.17, 15) is 16.8 Å². The lowest BCUT2D eigenvalue weighted by atomic mass is 10.3. The Morgan fingerprint density at radius 3 is 2.14 bits per heavy atom. The lowest BCUT2D eigenvalue weighted by Crippen LogP contribution is -2.28. The average molecular weight is 540 g/mol. The summed E-state index contributed by atoms with van der Waals surface area (Å²) in [5, 5.41) is 0. The molecule has 0 amide bonds. The molecule has 1 N–H and O–H groups in total. The van der Waals surface area contributed by atoms with Gasteiger partial charge in [0.1, 0.15) is 18.1 Å². The maximum Gasteiger partial charge on any atom is 0.242 e. The summed E-state index contributed by atoms with van der Waals surface area (Å²) in [6.45, 7) is 0.148. The number of nitrogens with one attached hydrogen (secondary N) is 1. The van der Waals surface area contributed by atoms with Crippen LogP contribution in [-0.2, 0) is 20.0 Å². The summed E-state index contributed by atoms with van der Waals surface area (Å²) in [4.78, 5) is 0.288. The van der Waals surface area contributed by atoms with Crippen LogP contribution in [0.25, 0.3) is 0 Å². The lowest BCUT2D eigenvalue weighted by molar-refractivity contribution is 0.322. The summed E-state index contributed by atoms with van der Waals surface area (Å²) in [6, 6.07) is 10.5. The van der Waals surface area contributed by atoms with E-state index in [-0.39, 0.29) is 22.9 Å². The average Bonchev–Trinajstić information content (AvgIpc) is 2.65. The number of rotatable bonds is 9. The Morgan fingerprint density at radius 2 is 1.61 bits per heavy atom. The van der Waals surface area contributed by atoms with E-state index in [1.807, 2.05) is 22.6 Å². The van der Waals surface area contributed by atoms with E-state index in [0.29, 0.717) is 15.1 Å². The topological polar surface area (TPSA) is 102 Å². The van der Waals surface area contributed by atoms with Crippen molar-refractivity contribution in [2.45, 2.75) is 9.79 Å². The number of hydrogen-bond acceptors (Lipinski definition) is 6. The molecule has 0 fully saturated rings. The Labute approximate surface area is 179 Å². The van der Waals surface area contributed by atoms with Crippen molar-refractivity contribution in [3.05, 3.63) is 46.0 Å². The first kappa shape index (κ1) is 22.9. The Kier molecular flexibility index (Phi) is 7.67. The van der Waals surface area contributed by atoms with E-state index >= 15 is 0 Å². The first-order valence-electron chi connectivity index (χ1n) is 8.06. The summed E-state index contributed by atoms with van der Waals surface area (Å²) in [7, 11) is -2.75. The van der Waals surface area contributed by atoms with Crippen LogP contribution in [0.5, 0.6) is 11.5 Å². The highest BCUT2D eigenvalue weighted by Crippen LogP contribution is 2.23. The van der Waals surface area contributed by atoms with Crippen molar-refractivity contribution in [3.8, 4) is 11.5 Å². The van der Waals surface area contributed by atoms with Gasteiger partial charge in [-0.1, -0.05) is 0 Å². The summed E-state index contributed by atoms with van der Waals surface area (Å²) in [5.74, 6) is 1.04. The number of nitrogens with zero attached hydrogens (tertiary/aromatic N) is 1. The summed E-state index contributed by atoms with van der Waals surface area (Å²) < 4.78 is 63.5. The SMILES string of the molecule is COc1ccc(S(=O)(=O)NCCOc2ccc(S(=O)(=O)N(C)C)cc2)cc1I. The zero-order chi connectivity index (χ0) is 20.9. The van der Waals surface area contributed by atoms with Crippen molar-refractivity contribution in [2.24, 2.45) is 0 Å². The van der Waals surface area contributed by atoms with Crippen molar-refractivity contribution in [1.29, 1.82) is 0 Å². The minimum atomic E-state index is -3.67. The highest BCUT2D eigenvalue weighted by Gasteiger charge is 2.17. The Morgan fingerprint density at radius 1 is 1.00 bits per heavy atom. The number of benzene rings is 2. The third-order valence-corrected chi connectivity index (χ3v) is 7.83. The molecule has 0 aliphatic carbocycles. The zero-order valence-corrected chi connectivity index (χ0v) is 19.3. The van der Waals surface area contributed by atoms with E-state index in [0.717, 1.165) is 4.31 Å². The predicted octanol–water partition coefficient (Wildman–Crippen LogP) is 1.91. The number of sulfonamides is 2. The second-order valence-corrected chi connectivity index (χ2v) is 10.9. The van der Waals surface area contributed by atoms with E-state index in [1.165, 1.54) is 57.6 Å². The van der Waals surface area contributed by atoms with Gasteiger partial charge in [-0.05, 0) is 65.1 Å². The van der Waals surface area contributed by atoms with Crippen molar-refractivity contribution in [2.75, 3.05) is 34.4 Å². The minimum absolute atomic E-state index is 0.0582. The smallest absolute Gasteiger partial charge is 0.242 e. The van der Waals surface area contributed by atoms with E-state index < -0.39 is 20.0 Å². The molecule has 2 rings (SSSR count). The predicted molar refractivity (Wildman–Crippen MR) is 114 cm³/mol. The van der Waals surface area contributed by atoms with Gasteiger partial charge in [-0.3, -0.25) is 0 Å². The van der Waals surface area contributed by atoms with Gasteiger partial charge in [0.25, 0.3) is 0 Å². The molecule has 2 aromatic rings.